The summed E-state index contributed by atoms with van der Waals surface area (Å²) in [4.78, 5) is 0. The lowest BCUT2D eigenvalue weighted by atomic mass is 9.56. The minimum atomic E-state index is 0.583. The van der Waals surface area contributed by atoms with E-state index in [1.54, 1.807) is 0 Å². The highest BCUT2D eigenvalue weighted by Crippen LogP contribution is 2.71. The molecule has 84 valence electrons. The molecule has 3 aliphatic rings. The van der Waals surface area contributed by atoms with Crippen molar-refractivity contribution in [1.29, 1.82) is 0 Å². The molecule has 0 amide bonds. The summed E-state index contributed by atoms with van der Waals surface area (Å²) >= 11 is 0. The largest absolute Gasteiger partial charge is 0.0879 e. The Morgan fingerprint density at radius 1 is 0.733 bits per heavy atom. The number of hydrogen-bond donors (Lipinski definition) is 0. The van der Waals surface area contributed by atoms with Gasteiger partial charge in [-0.15, -0.1) is 0 Å². The van der Waals surface area contributed by atoms with Gasteiger partial charge in [0.05, 0.1) is 0 Å². The van der Waals surface area contributed by atoms with E-state index in [0.717, 1.165) is 5.41 Å². The molecule has 2 saturated carbocycles. The van der Waals surface area contributed by atoms with Crippen LogP contribution in [-0.2, 0) is 0 Å². The molecule has 0 unspecified atom stereocenters. The summed E-state index contributed by atoms with van der Waals surface area (Å²) in [6.07, 6.45) is 16.6. The third-order valence-electron chi connectivity index (χ3n) is 6.48. The van der Waals surface area contributed by atoms with E-state index < -0.39 is 0 Å². The fourth-order valence-electron chi connectivity index (χ4n) is 5.01. The summed E-state index contributed by atoms with van der Waals surface area (Å²) < 4.78 is 0. The van der Waals surface area contributed by atoms with Crippen molar-refractivity contribution in [3.05, 3.63) is 12.2 Å². The Bertz CT molecular complexity index is 273. The molecule has 0 aliphatic heterocycles. The smallest absolute Gasteiger partial charge is 0.0172 e. The molecule has 0 heteroatoms. The summed E-state index contributed by atoms with van der Waals surface area (Å²) in [7, 11) is 0. The van der Waals surface area contributed by atoms with Crippen LogP contribution in [0.5, 0.6) is 0 Å². The number of allylic oxidation sites excluding steroid dienone is 2. The van der Waals surface area contributed by atoms with Gasteiger partial charge in [0.2, 0.25) is 0 Å². The van der Waals surface area contributed by atoms with Gasteiger partial charge in [0.25, 0.3) is 0 Å². The van der Waals surface area contributed by atoms with E-state index in [9.17, 15) is 0 Å². The first kappa shape index (κ1) is 9.93. The first-order valence-corrected chi connectivity index (χ1v) is 6.77. The van der Waals surface area contributed by atoms with Gasteiger partial charge in [0, 0.05) is 0 Å². The van der Waals surface area contributed by atoms with Crippen molar-refractivity contribution in [2.24, 2.45) is 16.2 Å². The molecule has 0 atom stereocenters. The Morgan fingerprint density at radius 3 is 1.87 bits per heavy atom. The van der Waals surface area contributed by atoms with Crippen LogP contribution in [0.2, 0.25) is 0 Å². The monoisotopic (exact) mass is 204 g/mol. The van der Waals surface area contributed by atoms with E-state index in [4.69, 9.17) is 0 Å². The molecule has 0 bridgehead atoms. The molecule has 2 spiro atoms. The average molecular weight is 204 g/mol. The second kappa shape index (κ2) is 2.90. The molecule has 0 saturated heterocycles. The Hall–Kier alpha value is -0.260. The van der Waals surface area contributed by atoms with Crippen LogP contribution in [0.15, 0.2) is 12.2 Å². The lowest BCUT2D eigenvalue weighted by Crippen LogP contribution is -2.40. The van der Waals surface area contributed by atoms with Gasteiger partial charge < -0.3 is 0 Å². The van der Waals surface area contributed by atoms with Crippen molar-refractivity contribution < 1.29 is 0 Å². The van der Waals surface area contributed by atoms with E-state index in [0.29, 0.717) is 10.8 Å². The van der Waals surface area contributed by atoms with Gasteiger partial charge in [-0.1, -0.05) is 38.8 Å². The second-order valence-electron chi connectivity index (χ2n) is 6.77. The summed E-state index contributed by atoms with van der Waals surface area (Å²) in [5.41, 5.74) is 1.95. The van der Waals surface area contributed by atoms with Crippen LogP contribution in [-0.4, -0.2) is 0 Å². The van der Waals surface area contributed by atoms with Crippen molar-refractivity contribution in [2.75, 3.05) is 0 Å². The topological polar surface area (TPSA) is 0 Å². The van der Waals surface area contributed by atoms with Gasteiger partial charge in [-0.05, 0) is 54.8 Å². The molecular formula is C15H24. The highest BCUT2D eigenvalue weighted by Gasteiger charge is 2.61. The molecule has 0 nitrogen and oxygen atoms in total. The van der Waals surface area contributed by atoms with Gasteiger partial charge >= 0.3 is 0 Å². The van der Waals surface area contributed by atoms with E-state index in [1.165, 1.54) is 51.4 Å². The van der Waals surface area contributed by atoms with Crippen molar-refractivity contribution in [3.63, 3.8) is 0 Å². The van der Waals surface area contributed by atoms with E-state index in [1.807, 2.05) is 0 Å². The number of rotatable bonds is 0. The molecule has 2 fully saturated rings. The summed E-state index contributed by atoms with van der Waals surface area (Å²) in [5, 5.41) is 0. The van der Waals surface area contributed by atoms with Crippen molar-refractivity contribution in [2.45, 2.75) is 65.2 Å². The highest BCUT2D eigenvalue weighted by molar-refractivity contribution is 5.18. The zero-order valence-electron chi connectivity index (χ0n) is 10.3. The molecule has 0 aromatic carbocycles. The Morgan fingerprint density at radius 2 is 1.27 bits per heavy atom. The predicted octanol–water partition coefficient (Wildman–Crippen LogP) is 4.70. The summed E-state index contributed by atoms with van der Waals surface area (Å²) in [6, 6.07) is 0. The van der Waals surface area contributed by atoms with Crippen molar-refractivity contribution >= 4 is 0 Å². The SMILES string of the molecule is CC1(C)C2(CC=CC2)CCC12CCCC2. The zero-order chi connectivity index (χ0) is 10.6. The van der Waals surface area contributed by atoms with Crippen LogP contribution < -0.4 is 0 Å². The van der Waals surface area contributed by atoms with Crippen LogP contribution >= 0.6 is 0 Å². The zero-order valence-corrected chi connectivity index (χ0v) is 10.3. The fraction of sp³-hybridized carbons (Fsp3) is 0.867. The van der Waals surface area contributed by atoms with E-state index in [2.05, 4.69) is 26.0 Å². The lowest BCUT2D eigenvalue weighted by Gasteiger charge is -2.48. The Balaban J connectivity index is 1.97. The van der Waals surface area contributed by atoms with E-state index >= 15 is 0 Å². The minimum Gasteiger partial charge on any atom is -0.0879 e. The summed E-state index contributed by atoms with van der Waals surface area (Å²) in [6.45, 7) is 5.16. The van der Waals surface area contributed by atoms with Crippen molar-refractivity contribution in [3.8, 4) is 0 Å². The normalized spacial score (nSPS) is 34.5. The third-order valence-corrected chi connectivity index (χ3v) is 6.48. The maximum Gasteiger partial charge on any atom is -0.0172 e. The van der Waals surface area contributed by atoms with Gasteiger partial charge in [0.1, 0.15) is 0 Å². The molecule has 0 aromatic heterocycles. The molecule has 3 rings (SSSR count). The Kier molecular flexibility index (Phi) is 1.92. The van der Waals surface area contributed by atoms with Crippen LogP contribution in [0.4, 0.5) is 0 Å². The first-order valence-electron chi connectivity index (χ1n) is 6.77. The molecule has 0 aromatic rings. The molecule has 0 heterocycles. The van der Waals surface area contributed by atoms with E-state index in [-0.39, 0.29) is 0 Å². The molecular weight excluding hydrogens is 180 g/mol. The minimum absolute atomic E-state index is 0.583. The number of hydrogen-bond acceptors (Lipinski definition) is 0. The van der Waals surface area contributed by atoms with Crippen LogP contribution in [0.1, 0.15) is 65.2 Å². The predicted molar refractivity (Wildman–Crippen MR) is 64.7 cm³/mol. The first-order chi connectivity index (χ1) is 7.12. The maximum absolute atomic E-state index is 2.58. The quantitative estimate of drug-likeness (QED) is 0.502. The maximum atomic E-state index is 2.58. The summed E-state index contributed by atoms with van der Waals surface area (Å²) in [5.74, 6) is 0. The van der Waals surface area contributed by atoms with Gasteiger partial charge in [-0.25, -0.2) is 0 Å². The standard InChI is InChI=1S/C15H24/c1-13(2)14(7-3-4-8-14)11-12-15(13)9-5-6-10-15/h3-4H,5-12H2,1-2H3. The van der Waals surface area contributed by atoms with Gasteiger partial charge in [-0.3, -0.25) is 0 Å². The molecule has 0 N–H and O–H groups in total. The van der Waals surface area contributed by atoms with Crippen LogP contribution in [0, 0.1) is 16.2 Å². The van der Waals surface area contributed by atoms with Gasteiger partial charge in [-0.2, -0.15) is 0 Å². The fourth-order valence-corrected chi connectivity index (χ4v) is 5.01. The highest BCUT2D eigenvalue weighted by atomic mass is 14.7. The molecule has 3 aliphatic carbocycles. The Labute approximate surface area is 94.1 Å². The molecule has 0 radical (unpaired) electrons. The average Bonchev–Trinajstić information content (AvgIpc) is 2.89. The lowest BCUT2D eigenvalue weighted by molar-refractivity contribution is 0.0139. The van der Waals surface area contributed by atoms with Crippen molar-refractivity contribution in [1.82, 2.24) is 0 Å². The third kappa shape index (κ3) is 1.04. The molecule has 15 heavy (non-hydrogen) atoms. The van der Waals surface area contributed by atoms with Crippen LogP contribution in [0.3, 0.4) is 0 Å². The van der Waals surface area contributed by atoms with Gasteiger partial charge in [0.15, 0.2) is 0 Å². The van der Waals surface area contributed by atoms with Crippen LogP contribution in [0.25, 0.3) is 0 Å². The second-order valence-corrected chi connectivity index (χ2v) is 6.77.